The maximum absolute atomic E-state index is 15.0. The number of nitrogens with zero attached hydrogens (tertiary/aromatic N) is 2. The third kappa shape index (κ3) is 7.50. The highest BCUT2D eigenvalue weighted by molar-refractivity contribution is 6.32. The molecule has 0 radical (unpaired) electrons. The van der Waals surface area contributed by atoms with E-state index in [1.165, 1.54) is 35.2 Å². The molecule has 4 nitrogen and oxygen atoms in total. The summed E-state index contributed by atoms with van der Waals surface area (Å²) in [5.74, 6) is -1.31. The molecule has 1 aliphatic rings. The average molecular weight is 780 g/mol. The average Bonchev–Trinajstić information content (AvgIpc) is 3.73. The Morgan fingerprint density at radius 1 is 0.722 bits per heavy atom. The van der Waals surface area contributed by atoms with Crippen molar-refractivity contribution in [1.29, 1.82) is 0 Å². The van der Waals surface area contributed by atoms with E-state index in [-0.39, 0.29) is 30.1 Å². The summed E-state index contributed by atoms with van der Waals surface area (Å²) in [5, 5.41) is 1.41. The van der Waals surface area contributed by atoms with Crippen LogP contribution < -0.4 is 0 Å². The molecule has 0 aliphatic carbocycles. The summed E-state index contributed by atoms with van der Waals surface area (Å²) < 4.78 is 81.6. The van der Waals surface area contributed by atoms with Crippen molar-refractivity contribution in [3.05, 3.63) is 176 Å². The van der Waals surface area contributed by atoms with Gasteiger partial charge in [0.1, 0.15) is 6.04 Å². The molecule has 0 N–H and O–H groups in total. The minimum atomic E-state index is -4.51. The van der Waals surface area contributed by atoms with Crippen LogP contribution in [0, 0.1) is 0 Å². The molecule has 5 aromatic carbocycles. The molecule has 1 aromatic heterocycles. The number of hydrogen-bond acceptors (Lipinski definition) is 2. The van der Waals surface area contributed by atoms with E-state index < -0.39 is 47.1 Å². The van der Waals surface area contributed by atoms with Gasteiger partial charge in [-0.2, -0.15) is 26.3 Å². The molecule has 0 saturated carbocycles. The number of carbonyl (C=O) groups excluding carboxylic acids is 2. The zero-order valence-corrected chi connectivity index (χ0v) is 29.8. The monoisotopic (exact) mass is 778 g/mol. The van der Waals surface area contributed by atoms with Crippen molar-refractivity contribution in [1.82, 2.24) is 9.47 Å². The highest BCUT2D eigenvalue weighted by Gasteiger charge is 2.44. The number of rotatable bonds is 8. The Morgan fingerprint density at radius 3 is 2.00 bits per heavy atom. The van der Waals surface area contributed by atoms with Crippen LogP contribution >= 0.6 is 23.2 Å². The van der Waals surface area contributed by atoms with Crippen LogP contribution in [0.1, 0.15) is 66.4 Å². The lowest BCUT2D eigenvalue weighted by molar-refractivity contribution is -0.138. The summed E-state index contributed by atoms with van der Waals surface area (Å²) in [5.41, 5.74) is 2.11. The van der Waals surface area contributed by atoms with Gasteiger partial charge in [0.2, 0.25) is 0 Å². The third-order valence-corrected chi connectivity index (χ3v) is 10.5. The first-order valence-electron chi connectivity index (χ1n) is 17.0. The first-order valence-corrected chi connectivity index (χ1v) is 17.7. The molecule has 2 heterocycles. The number of amides is 1. The number of carbonyl (C=O) groups is 2. The van der Waals surface area contributed by atoms with Crippen molar-refractivity contribution in [2.24, 2.45) is 0 Å². The predicted molar refractivity (Wildman–Crippen MR) is 196 cm³/mol. The van der Waals surface area contributed by atoms with Crippen LogP contribution in [0.4, 0.5) is 26.3 Å². The number of likely N-dealkylation sites (tertiary alicyclic amines) is 1. The zero-order valence-electron chi connectivity index (χ0n) is 28.3. The number of fused-ring (bicyclic) bond motifs is 1. The fourth-order valence-electron chi connectivity index (χ4n) is 7.30. The lowest BCUT2D eigenvalue weighted by atomic mass is 9.85. The summed E-state index contributed by atoms with van der Waals surface area (Å²) in [6, 6.07) is 27.4. The Balaban J connectivity index is 1.30. The number of aromatic nitrogens is 1. The first kappa shape index (κ1) is 37.3. The molecule has 1 aliphatic heterocycles. The lowest BCUT2D eigenvalue weighted by Crippen LogP contribution is -2.43. The number of Topliss-reactive ketones (excluding diaryl/α,β-unsaturated/α-hetero) is 1. The van der Waals surface area contributed by atoms with Gasteiger partial charge in [-0.25, -0.2) is 0 Å². The van der Waals surface area contributed by atoms with E-state index in [1.54, 1.807) is 36.4 Å². The lowest BCUT2D eigenvalue weighted by Gasteiger charge is -2.28. The highest BCUT2D eigenvalue weighted by atomic mass is 35.5. The first-order chi connectivity index (χ1) is 25.7. The smallest absolute Gasteiger partial charge is 0.343 e. The maximum atomic E-state index is 15.0. The van der Waals surface area contributed by atoms with E-state index in [4.69, 9.17) is 23.2 Å². The van der Waals surface area contributed by atoms with Gasteiger partial charge in [0, 0.05) is 57.3 Å². The highest BCUT2D eigenvalue weighted by Crippen LogP contribution is 2.42. The molecule has 0 bridgehead atoms. The van der Waals surface area contributed by atoms with Gasteiger partial charge in [-0.15, -0.1) is 0 Å². The van der Waals surface area contributed by atoms with E-state index in [1.807, 2.05) is 35.0 Å². The fourth-order valence-corrected chi connectivity index (χ4v) is 7.73. The van der Waals surface area contributed by atoms with Crippen molar-refractivity contribution in [3.8, 4) is 0 Å². The van der Waals surface area contributed by atoms with Gasteiger partial charge in [0.05, 0.1) is 11.1 Å². The molecule has 12 heteroatoms. The van der Waals surface area contributed by atoms with Crippen LogP contribution in [0.15, 0.2) is 121 Å². The van der Waals surface area contributed by atoms with Gasteiger partial charge in [0.15, 0.2) is 5.78 Å². The minimum Gasteiger partial charge on any atom is -0.343 e. The third-order valence-electron chi connectivity index (χ3n) is 9.90. The molecule has 2 atom stereocenters. The summed E-state index contributed by atoms with van der Waals surface area (Å²) in [6.45, 7) is 0.473. The Bertz CT molecular complexity index is 2350. The van der Waals surface area contributed by atoms with Crippen LogP contribution in [-0.2, 0) is 25.3 Å². The van der Waals surface area contributed by atoms with Crippen molar-refractivity contribution in [2.75, 3.05) is 6.54 Å². The van der Waals surface area contributed by atoms with Gasteiger partial charge in [0.25, 0.3) is 5.91 Å². The molecule has 2 unspecified atom stereocenters. The number of para-hydroxylation sites is 1. The van der Waals surface area contributed by atoms with Crippen molar-refractivity contribution >= 4 is 45.8 Å². The van der Waals surface area contributed by atoms with Gasteiger partial charge < -0.3 is 9.47 Å². The van der Waals surface area contributed by atoms with E-state index in [0.29, 0.717) is 33.7 Å². The molecule has 1 fully saturated rings. The van der Waals surface area contributed by atoms with Crippen LogP contribution in [-0.4, -0.2) is 33.7 Å². The second-order valence-electron chi connectivity index (χ2n) is 13.3. The summed E-state index contributed by atoms with van der Waals surface area (Å²) in [7, 11) is 0. The quantitative estimate of drug-likeness (QED) is 0.114. The molecule has 1 saturated heterocycles. The summed E-state index contributed by atoms with van der Waals surface area (Å²) >= 11 is 13.0. The Hall–Kier alpha value is -5.06. The second-order valence-corrected chi connectivity index (χ2v) is 14.1. The molecular weight excluding hydrogens is 749 g/mol. The zero-order chi connectivity index (χ0) is 38.4. The van der Waals surface area contributed by atoms with Gasteiger partial charge in [-0.3, -0.25) is 9.59 Å². The Kier molecular flexibility index (Phi) is 10.1. The van der Waals surface area contributed by atoms with Crippen molar-refractivity contribution < 1.29 is 35.9 Å². The number of benzene rings is 5. The van der Waals surface area contributed by atoms with Gasteiger partial charge in [-0.1, -0.05) is 83.9 Å². The molecule has 54 heavy (non-hydrogen) atoms. The number of alkyl halides is 6. The molecular formula is C42H30Cl2F6N2O2. The number of halogens is 8. The van der Waals surface area contributed by atoms with Crippen molar-refractivity contribution in [2.45, 2.75) is 43.7 Å². The maximum Gasteiger partial charge on any atom is 0.416 e. The summed E-state index contributed by atoms with van der Waals surface area (Å²) in [6.07, 6.45) is -6.62. The van der Waals surface area contributed by atoms with Gasteiger partial charge >= 0.3 is 12.4 Å². The topological polar surface area (TPSA) is 42.3 Å². The molecule has 276 valence electrons. The predicted octanol–water partition coefficient (Wildman–Crippen LogP) is 11.5. The minimum absolute atomic E-state index is 0.0605. The van der Waals surface area contributed by atoms with E-state index in [0.717, 1.165) is 40.7 Å². The fraction of sp³-hybridized carbons (Fsp3) is 0.190. The molecule has 7 rings (SSSR count). The Morgan fingerprint density at radius 2 is 1.35 bits per heavy atom. The van der Waals surface area contributed by atoms with Crippen molar-refractivity contribution in [3.63, 3.8) is 0 Å². The van der Waals surface area contributed by atoms with E-state index in [9.17, 15) is 31.1 Å². The second kappa shape index (κ2) is 14.6. The van der Waals surface area contributed by atoms with E-state index in [2.05, 4.69) is 0 Å². The van der Waals surface area contributed by atoms with Crippen LogP contribution in [0.25, 0.3) is 10.9 Å². The molecule has 0 spiro atoms. The molecule has 6 aromatic rings. The summed E-state index contributed by atoms with van der Waals surface area (Å²) in [4.78, 5) is 30.7. The standard InChI is InChI=1S/C42H30Cl2F6N2O2/c43-30-6-3-5-27(22-30)40(54)52-20-19-32(35-24-51(37-10-2-1-7-31(35)37)23-26-13-17-29(18-14-26)42(48,49)50)38(52)39(53)33-8-4-9-36(44)34(33)21-25-11-15-28(16-12-25)41(45,46)47/h1-18,22,24,32,38H,19-21,23H2. The van der Waals surface area contributed by atoms with Crippen LogP contribution in [0.2, 0.25) is 10.0 Å². The number of ketones is 1. The SMILES string of the molecule is O=C(c1cccc(Cl)c1Cc1ccc(C(F)(F)F)cc1)C1C(c2cn(Cc3ccc(C(F)(F)F)cc3)c3ccccc23)CCN1C(=O)c1cccc(Cl)c1. The molecule has 1 amide bonds. The van der Waals surface area contributed by atoms with Gasteiger partial charge in [-0.05, 0) is 89.7 Å². The largest absolute Gasteiger partial charge is 0.416 e. The van der Waals surface area contributed by atoms with E-state index >= 15 is 4.79 Å². The van der Waals surface area contributed by atoms with Crippen LogP contribution in [0.3, 0.4) is 0 Å². The Labute approximate surface area is 316 Å². The normalized spacial score (nSPS) is 16.3. The van der Waals surface area contributed by atoms with Crippen LogP contribution in [0.5, 0.6) is 0 Å². The number of hydrogen-bond donors (Lipinski definition) is 0.